The molecule has 2 heterocycles. The number of hydrogen-bond acceptors (Lipinski definition) is 6. The number of aromatic hydroxyl groups is 1. The number of nitrogens with zero attached hydrogens (tertiary/aromatic N) is 3. The molecular weight excluding hydrogens is 320 g/mol. The Hall–Kier alpha value is -3.22. The molecule has 3 rings (SSSR count). The van der Waals surface area contributed by atoms with E-state index in [2.05, 4.69) is 20.3 Å². The first-order valence-corrected chi connectivity index (χ1v) is 7.91. The fourth-order valence-corrected chi connectivity index (χ4v) is 2.39. The molecule has 0 atom stereocenters. The van der Waals surface area contributed by atoms with Gasteiger partial charge in [0.25, 0.3) is 0 Å². The van der Waals surface area contributed by atoms with Gasteiger partial charge >= 0.3 is 0 Å². The summed E-state index contributed by atoms with van der Waals surface area (Å²) >= 11 is 0. The van der Waals surface area contributed by atoms with Crippen LogP contribution in [-0.2, 0) is 4.79 Å². The molecule has 1 amide bonds. The Balaban J connectivity index is 1.96. The predicted molar refractivity (Wildman–Crippen MR) is 94.5 cm³/mol. The van der Waals surface area contributed by atoms with Crippen LogP contribution < -0.4 is 10.1 Å². The maximum atomic E-state index is 11.7. The van der Waals surface area contributed by atoms with Crippen molar-refractivity contribution in [2.45, 2.75) is 19.8 Å². The van der Waals surface area contributed by atoms with Gasteiger partial charge in [-0.15, -0.1) is 0 Å². The van der Waals surface area contributed by atoms with Crippen LogP contribution in [0.1, 0.15) is 19.8 Å². The smallest absolute Gasteiger partial charge is 0.225 e. The Morgan fingerprint density at radius 1 is 1.24 bits per heavy atom. The number of hydrogen-bond donors (Lipinski definition) is 2. The number of benzene rings is 1. The van der Waals surface area contributed by atoms with Crippen LogP contribution in [0.25, 0.3) is 22.4 Å². The summed E-state index contributed by atoms with van der Waals surface area (Å²) in [5.41, 5.74) is 2.50. The zero-order valence-electron chi connectivity index (χ0n) is 14.0. The van der Waals surface area contributed by atoms with Crippen LogP contribution in [0.4, 0.5) is 5.82 Å². The topological polar surface area (TPSA) is 97.2 Å². The first-order chi connectivity index (χ1) is 12.1. The number of methoxy groups -OCH3 is 1. The predicted octanol–water partition coefficient (Wildman–Crippen LogP) is 3.14. The number of rotatable bonds is 5. The standard InChI is InChI=1S/C18H18N4O3/c1-3-4-17(24)21-16-10-19-13-7-6-12(20-18(13)22-16)11-5-8-14(23)15(9-11)25-2/h5-10,23H,3-4H2,1-2H3,(H,20,21,22,24). The third-order valence-electron chi connectivity index (χ3n) is 3.63. The number of anilines is 1. The van der Waals surface area contributed by atoms with Crippen LogP contribution in [0.2, 0.25) is 0 Å². The number of phenolic OH excluding ortho intramolecular Hbond substituents is 1. The van der Waals surface area contributed by atoms with E-state index in [9.17, 15) is 9.90 Å². The fraction of sp³-hybridized carbons (Fsp3) is 0.222. The number of amides is 1. The fourth-order valence-electron chi connectivity index (χ4n) is 2.39. The lowest BCUT2D eigenvalue weighted by molar-refractivity contribution is -0.116. The Labute approximate surface area is 144 Å². The molecule has 0 unspecified atom stereocenters. The van der Waals surface area contributed by atoms with Crippen molar-refractivity contribution in [3.8, 4) is 22.8 Å². The van der Waals surface area contributed by atoms with Gasteiger partial charge in [0.2, 0.25) is 5.91 Å². The van der Waals surface area contributed by atoms with Gasteiger partial charge in [-0.2, -0.15) is 0 Å². The van der Waals surface area contributed by atoms with Gasteiger partial charge in [-0.1, -0.05) is 6.92 Å². The lowest BCUT2D eigenvalue weighted by atomic mass is 10.1. The minimum Gasteiger partial charge on any atom is -0.504 e. The molecule has 1 aromatic carbocycles. The Kier molecular flexibility index (Phi) is 4.74. The van der Waals surface area contributed by atoms with E-state index in [-0.39, 0.29) is 11.7 Å². The molecule has 2 aromatic heterocycles. The van der Waals surface area contributed by atoms with E-state index in [1.54, 1.807) is 18.2 Å². The van der Waals surface area contributed by atoms with Gasteiger partial charge in [-0.05, 0) is 36.8 Å². The van der Waals surface area contributed by atoms with Gasteiger partial charge in [0.15, 0.2) is 23.0 Å². The number of ether oxygens (including phenoxy) is 1. The molecule has 0 bridgehead atoms. The van der Waals surface area contributed by atoms with E-state index < -0.39 is 0 Å². The van der Waals surface area contributed by atoms with Crippen LogP contribution in [0.5, 0.6) is 11.5 Å². The van der Waals surface area contributed by atoms with Crippen molar-refractivity contribution in [2.24, 2.45) is 0 Å². The second kappa shape index (κ2) is 7.12. The molecule has 0 spiro atoms. The number of carbonyl (C=O) groups excluding carboxylic acids is 1. The van der Waals surface area contributed by atoms with E-state index in [4.69, 9.17) is 4.74 Å². The van der Waals surface area contributed by atoms with Crippen molar-refractivity contribution < 1.29 is 14.6 Å². The Morgan fingerprint density at radius 2 is 2.08 bits per heavy atom. The quantitative estimate of drug-likeness (QED) is 0.742. The first-order valence-electron chi connectivity index (χ1n) is 7.91. The number of fused-ring (bicyclic) bond motifs is 1. The second-order valence-corrected chi connectivity index (χ2v) is 5.48. The highest BCUT2D eigenvalue weighted by molar-refractivity contribution is 5.90. The monoisotopic (exact) mass is 338 g/mol. The molecule has 7 nitrogen and oxygen atoms in total. The van der Waals surface area contributed by atoms with Crippen molar-refractivity contribution in [1.82, 2.24) is 15.0 Å². The SMILES string of the molecule is CCCC(=O)Nc1cnc2ccc(-c3ccc(O)c(OC)c3)nc2n1. The third kappa shape index (κ3) is 3.65. The van der Waals surface area contributed by atoms with E-state index >= 15 is 0 Å². The van der Waals surface area contributed by atoms with Gasteiger partial charge in [0.1, 0.15) is 5.52 Å². The van der Waals surface area contributed by atoms with Crippen molar-refractivity contribution in [3.05, 3.63) is 36.5 Å². The van der Waals surface area contributed by atoms with Gasteiger partial charge in [0.05, 0.1) is 19.0 Å². The molecule has 2 N–H and O–H groups in total. The minimum atomic E-state index is -0.101. The molecule has 0 aliphatic rings. The lowest BCUT2D eigenvalue weighted by Gasteiger charge is -2.08. The summed E-state index contributed by atoms with van der Waals surface area (Å²) in [6, 6.07) is 8.61. The van der Waals surface area contributed by atoms with Crippen LogP contribution in [-0.4, -0.2) is 33.1 Å². The molecule has 0 aliphatic heterocycles. The molecule has 0 saturated carbocycles. The molecule has 0 saturated heterocycles. The molecule has 0 aliphatic carbocycles. The van der Waals surface area contributed by atoms with Gasteiger partial charge in [0, 0.05) is 12.0 Å². The van der Waals surface area contributed by atoms with Crippen LogP contribution in [0, 0.1) is 0 Å². The van der Waals surface area contributed by atoms with E-state index in [0.29, 0.717) is 34.8 Å². The number of nitrogens with one attached hydrogen (secondary N) is 1. The van der Waals surface area contributed by atoms with Crippen molar-refractivity contribution >= 4 is 22.9 Å². The van der Waals surface area contributed by atoms with Crippen LogP contribution in [0.3, 0.4) is 0 Å². The van der Waals surface area contributed by atoms with Crippen LogP contribution >= 0.6 is 0 Å². The maximum absolute atomic E-state index is 11.7. The summed E-state index contributed by atoms with van der Waals surface area (Å²) < 4.78 is 5.13. The molecule has 7 heteroatoms. The van der Waals surface area contributed by atoms with Gasteiger partial charge < -0.3 is 15.2 Å². The van der Waals surface area contributed by atoms with E-state index in [1.165, 1.54) is 13.3 Å². The summed E-state index contributed by atoms with van der Waals surface area (Å²) in [6.45, 7) is 1.94. The summed E-state index contributed by atoms with van der Waals surface area (Å²) in [4.78, 5) is 24.8. The summed E-state index contributed by atoms with van der Waals surface area (Å²) in [6.07, 6.45) is 2.71. The largest absolute Gasteiger partial charge is 0.504 e. The van der Waals surface area contributed by atoms with Crippen molar-refractivity contribution in [2.75, 3.05) is 12.4 Å². The molecule has 3 aromatic rings. The summed E-state index contributed by atoms with van der Waals surface area (Å²) in [7, 11) is 1.49. The maximum Gasteiger partial charge on any atom is 0.225 e. The minimum absolute atomic E-state index is 0.0627. The van der Waals surface area contributed by atoms with Crippen molar-refractivity contribution in [1.29, 1.82) is 0 Å². The number of aromatic nitrogens is 3. The van der Waals surface area contributed by atoms with Gasteiger partial charge in [-0.25, -0.2) is 15.0 Å². The van der Waals surface area contributed by atoms with Crippen LogP contribution in [0.15, 0.2) is 36.5 Å². The number of pyridine rings is 1. The highest BCUT2D eigenvalue weighted by Gasteiger charge is 2.09. The zero-order chi connectivity index (χ0) is 17.8. The first kappa shape index (κ1) is 16.6. The molecular formula is C18H18N4O3. The Morgan fingerprint density at radius 3 is 2.84 bits per heavy atom. The lowest BCUT2D eigenvalue weighted by Crippen LogP contribution is -2.12. The highest BCUT2D eigenvalue weighted by Crippen LogP contribution is 2.31. The average molecular weight is 338 g/mol. The third-order valence-corrected chi connectivity index (χ3v) is 3.63. The zero-order valence-corrected chi connectivity index (χ0v) is 14.0. The number of phenols is 1. The summed E-state index contributed by atoms with van der Waals surface area (Å²) in [5, 5.41) is 12.4. The molecule has 0 radical (unpaired) electrons. The van der Waals surface area contributed by atoms with Gasteiger partial charge in [-0.3, -0.25) is 4.79 Å². The number of carbonyl (C=O) groups is 1. The van der Waals surface area contributed by atoms with E-state index in [1.807, 2.05) is 19.1 Å². The van der Waals surface area contributed by atoms with Crippen molar-refractivity contribution in [3.63, 3.8) is 0 Å². The molecule has 128 valence electrons. The normalized spacial score (nSPS) is 10.6. The molecule has 25 heavy (non-hydrogen) atoms. The average Bonchev–Trinajstić information content (AvgIpc) is 2.61. The Bertz CT molecular complexity index is 927. The molecule has 0 fully saturated rings. The second-order valence-electron chi connectivity index (χ2n) is 5.48. The highest BCUT2D eigenvalue weighted by atomic mass is 16.5. The summed E-state index contributed by atoms with van der Waals surface area (Å²) in [5.74, 6) is 0.702. The van der Waals surface area contributed by atoms with E-state index in [0.717, 1.165) is 12.0 Å².